The lowest BCUT2D eigenvalue weighted by atomic mass is 10.1. The van der Waals surface area contributed by atoms with Crippen LogP contribution in [0.15, 0.2) is 10.2 Å². The second kappa shape index (κ2) is 42.6. The molecule has 1 saturated carbocycles. The summed E-state index contributed by atoms with van der Waals surface area (Å²) in [6.45, 7) is 4.32. The number of halogens is 5. The van der Waals surface area contributed by atoms with Crippen molar-refractivity contribution in [1.82, 2.24) is 26.6 Å². The predicted octanol–water partition coefficient (Wildman–Crippen LogP) is 3.30. The standard InChI is InChI=1S/C46H72F5N11O14/c47-40-41(48)43(50)45(44(51)42(40)49)76-39(67)10-19-72-25-29-75-28-24-69-16-7-33-30-32(33)6-13-56-38(66)31-57-46(68)34(4-1-2-11-54-35(63)8-17-70-22-26-73-20-14-58-61-52)60-37(65)5-3-12-55-36(64)9-18-71-23-27-74-21-15-59-62-53/h32-35,54,63H,1-31H2,(H,55,64)(H,56,66)(H,57,68)(H,60,65)/t32?,33?,34-,35?/m0/s1. The van der Waals surface area contributed by atoms with Crippen LogP contribution in [0.5, 0.6) is 5.75 Å². The number of hydrogen-bond acceptors (Lipinski definition) is 17. The topological polar surface area (TPSA) is 337 Å². The number of amides is 4. The Kier molecular flexibility index (Phi) is 37.3. The average Bonchev–Trinajstić information content (AvgIpc) is 4.17. The lowest BCUT2D eigenvalue weighted by Gasteiger charge is -2.19. The minimum atomic E-state index is -2.37. The van der Waals surface area contributed by atoms with Gasteiger partial charge in [-0.3, -0.25) is 29.3 Å². The quantitative estimate of drug-likeness (QED) is 0.00521. The average molecular weight is 1100 g/mol. The number of ether oxygens (including phenoxy) is 8. The molecule has 76 heavy (non-hydrogen) atoms. The van der Waals surface area contributed by atoms with Crippen molar-refractivity contribution in [2.24, 2.45) is 22.1 Å². The Balaban J connectivity index is 1.60. The van der Waals surface area contributed by atoms with E-state index in [9.17, 15) is 51.0 Å². The van der Waals surface area contributed by atoms with E-state index in [2.05, 4.69) is 51.4 Å². The van der Waals surface area contributed by atoms with Gasteiger partial charge >= 0.3 is 5.97 Å². The van der Waals surface area contributed by atoms with E-state index >= 15 is 0 Å². The fourth-order valence-electron chi connectivity index (χ4n) is 6.79. The molecule has 25 nitrogen and oxygen atoms in total. The molecule has 6 N–H and O–H groups in total. The van der Waals surface area contributed by atoms with Crippen LogP contribution in [0.25, 0.3) is 20.9 Å². The fourth-order valence-corrected chi connectivity index (χ4v) is 6.79. The van der Waals surface area contributed by atoms with Gasteiger partial charge in [0.05, 0.1) is 98.9 Å². The number of benzene rings is 1. The van der Waals surface area contributed by atoms with Crippen molar-refractivity contribution in [2.75, 3.05) is 132 Å². The number of nitrogens with one attached hydrogen (secondary N) is 5. The van der Waals surface area contributed by atoms with Crippen molar-refractivity contribution in [3.63, 3.8) is 0 Å². The number of carbonyl (C=O) groups is 5. The van der Waals surface area contributed by atoms with E-state index in [4.69, 9.17) is 44.2 Å². The van der Waals surface area contributed by atoms with Gasteiger partial charge in [0, 0.05) is 61.9 Å². The zero-order valence-corrected chi connectivity index (χ0v) is 42.6. The minimum absolute atomic E-state index is 0.0246. The number of nitrogens with zero attached hydrogens (tertiary/aromatic N) is 6. The highest BCUT2D eigenvalue weighted by Crippen LogP contribution is 2.43. The summed E-state index contributed by atoms with van der Waals surface area (Å²) in [5, 5.41) is 30.8. The highest BCUT2D eigenvalue weighted by atomic mass is 19.2. The molecule has 1 aromatic rings. The van der Waals surface area contributed by atoms with Crippen LogP contribution >= 0.6 is 0 Å². The fraction of sp³-hybridized carbons (Fsp3) is 0.761. The number of aliphatic hydroxyl groups is 1. The van der Waals surface area contributed by atoms with Crippen LogP contribution in [0.2, 0.25) is 0 Å². The van der Waals surface area contributed by atoms with Crippen molar-refractivity contribution in [1.29, 1.82) is 0 Å². The van der Waals surface area contributed by atoms with Crippen molar-refractivity contribution in [3.05, 3.63) is 50.0 Å². The van der Waals surface area contributed by atoms with Crippen LogP contribution in [0, 0.1) is 40.9 Å². The summed E-state index contributed by atoms with van der Waals surface area (Å²) in [7, 11) is 0. The van der Waals surface area contributed by atoms with Gasteiger partial charge in [0.25, 0.3) is 0 Å². The minimum Gasteiger partial charge on any atom is -0.420 e. The zero-order valence-electron chi connectivity index (χ0n) is 42.6. The van der Waals surface area contributed by atoms with Gasteiger partial charge in [-0.2, -0.15) is 8.78 Å². The summed E-state index contributed by atoms with van der Waals surface area (Å²) >= 11 is 0. The lowest BCUT2D eigenvalue weighted by molar-refractivity contribution is -0.136. The Hall–Kier alpha value is -5.52. The number of rotatable bonds is 48. The molecular formula is C46H72F5N11O14. The smallest absolute Gasteiger partial charge is 0.313 e. The SMILES string of the molecule is [N-]=[N+]=NCCOCCOCCC(=O)NCCCC(=O)N[C@@H](CCCCNC(O)CCOCCOCCN=[N+]=[N-])C(=O)NCC(=O)NCCC1CC1CCOCCOCCOCCC(=O)Oc1c(F)c(F)c(F)c(F)c1F. The van der Waals surface area contributed by atoms with Crippen LogP contribution in [0.3, 0.4) is 0 Å². The van der Waals surface area contributed by atoms with E-state index in [0.29, 0.717) is 77.0 Å². The van der Waals surface area contributed by atoms with Crippen LogP contribution in [0.1, 0.15) is 70.6 Å². The molecule has 1 aromatic carbocycles. The van der Waals surface area contributed by atoms with Gasteiger partial charge in [0.15, 0.2) is 0 Å². The molecule has 30 heteroatoms. The number of azide groups is 2. The van der Waals surface area contributed by atoms with E-state index in [1.807, 2.05) is 0 Å². The normalized spacial score (nSPS) is 14.4. The first-order valence-corrected chi connectivity index (χ1v) is 25.1. The molecule has 4 amide bonds. The number of esters is 1. The van der Waals surface area contributed by atoms with Gasteiger partial charge in [-0.05, 0) is 74.4 Å². The molecule has 0 bridgehead atoms. The molecule has 2 rings (SSSR count). The largest absolute Gasteiger partial charge is 0.420 e. The molecule has 1 aliphatic carbocycles. The Bertz CT molecular complexity index is 1950. The predicted molar refractivity (Wildman–Crippen MR) is 258 cm³/mol. The van der Waals surface area contributed by atoms with Gasteiger partial charge in [-0.25, -0.2) is 13.2 Å². The second-order valence-corrected chi connectivity index (χ2v) is 16.8. The molecule has 430 valence electrons. The lowest BCUT2D eigenvalue weighted by Crippen LogP contribution is -2.49. The number of unbranched alkanes of at least 4 members (excludes halogenated alkanes) is 1. The van der Waals surface area contributed by atoms with E-state index in [1.165, 1.54) is 0 Å². The van der Waals surface area contributed by atoms with E-state index in [-0.39, 0.29) is 117 Å². The summed E-state index contributed by atoms with van der Waals surface area (Å²) in [5.74, 6) is -15.1. The van der Waals surface area contributed by atoms with Crippen molar-refractivity contribution < 1.29 is 88.9 Å². The molecule has 0 saturated heterocycles. The number of aliphatic hydroxyl groups excluding tert-OH is 1. The summed E-state index contributed by atoms with van der Waals surface area (Å²) in [5.41, 5.74) is 16.5. The Morgan fingerprint density at radius 3 is 1.70 bits per heavy atom. The Morgan fingerprint density at radius 2 is 1.08 bits per heavy atom. The summed E-state index contributed by atoms with van der Waals surface area (Å²) < 4.78 is 109. The van der Waals surface area contributed by atoms with Crippen LogP contribution in [-0.4, -0.2) is 179 Å². The summed E-state index contributed by atoms with van der Waals surface area (Å²) in [6, 6.07) is -0.945. The Labute approximate surface area is 436 Å². The monoisotopic (exact) mass is 1100 g/mol. The van der Waals surface area contributed by atoms with Crippen molar-refractivity contribution in [2.45, 2.75) is 82.9 Å². The van der Waals surface area contributed by atoms with Crippen LogP contribution < -0.4 is 31.3 Å². The molecule has 0 aromatic heterocycles. The molecular weight excluding hydrogens is 1030 g/mol. The van der Waals surface area contributed by atoms with Gasteiger partial charge < -0.3 is 64.3 Å². The van der Waals surface area contributed by atoms with Crippen LogP contribution in [-0.2, 0) is 57.1 Å². The van der Waals surface area contributed by atoms with Gasteiger partial charge in [-0.1, -0.05) is 10.2 Å². The third kappa shape index (κ3) is 32.2. The van der Waals surface area contributed by atoms with Crippen LogP contribution in [0.4, 0.5) is 22.0 Å². The third-order valence-electron chi connectivity index (χ3n) is 10.9. The van der Waals surface area contributed by atoms with Gasteiger partial charge in [0.1, 0.15) is 12.3 Å². The highest BCUT2D eigenvalue weighted by molar-refractivity contribution is 5.90. The molecule has 0 aliphatic heterocycles. The summed E-state index contributed by atoms with van der Waals surface area (Å²) in [6.07, 6.45) is 3.22. The Morgan fingerprint density at radius 1 is 0.553 bits per heavy atom. The molecule has 0 heterocycles. The van der Waals surface area contributed by atoms with Gasteiger partial charge in [-0.15, -0.1) is 0 Å². The first-order valence-electron chi connectivity index (χ1n) is 25.1. The van der Waals surface area contributed by atoms with E-state index in [1.54, 1.807) is 0 Å². The van der Waals surface area contributed by atoms with Gasteiger partial charge in [0.2, 0.25) is 58.5 Å². The maximum atomic E-state index is 13.7. The molecule has 0 spiro atoms. The second-order valence-electron chi connectivity index (χ2n) is 16.8. The maximum Gasteiger partial charge on any atom is 0.313 e. The molecule has 1 fully saturated rings. The molecule has 3 unspecified atom stereocenters. The third-order valence-corrected chi connectivity index (χ3v) is 10.9. The van der Waals surface area contributed by atoms with Crippen molar-refractivity contribution >= 4 is 29.6 Å². The molecule has 1 aliphatic rings. The highest BCUT2D eigenvalue weighted by Gasteiger charge is 2.36. The number of hydrogen-bond donors (Lipinski definition) is 6. The molecule has 0 radical (unpaired) electrons. The molecule has 4 atom stereocenters. The van der Waals surface area contributed by atoms with E-state index in [0.717, 1.165) is 19.3 Å². The van der Waals surface area contributed by atoms with Crippen molar-refractivity contribution in [3.8, 4) is 5.75 Å². The first-order chi connectivity index (χ1) is 36.8. The first kappa shape index (κ1) is 66.6. The zero-order chi connectivity index (χ0) is 55.6. The number of carbonyl (C=O) groups excluding carboxylic acids is 5. The maximum absolute atomic E-state index is 13.7. The van der Waals surface area contributed by atoms with E-state index < -0.39 is 77.2 Å². The summed E-state index contributed by atoms with van der Waals surface area (Å²) in [4.78, 5) is 68.0.